The molecule has 0 spiro atoms. The fraction of sp³-hybridized carbons (Fsp3) is 0.476. The highest BCUT2D eigenvalue weighted by Gasteiger charge is 2.67. The first-order chi connectivity index (χ1) is 13.5. The van der Waals surface area contributed by atoms with Crippen molar-refractivity contribution in [3.05, 3.63) is 40.2 Å². The van der Waals surface area contributed by atoms with Gasteiger partial charge in [-0.15, -0.1) is 0 Å². The summed E-state index contributed by atoms with van der Waals surface area (Å²) in [4.78, 5) is 36.5. The summed E-state index contributed by atoms with van der Waals surface area (Å²) in [5.41, 5.74) is -1.73. The SMILES string of the molecule is CC(=O)O[C@@H]1c2c(ccc3ccc(=O)oc23)O[C@@H](C)[C@H]1OC(=O)[C@]1(C)OC1(C)C. The zero-order valence-corrected chi connectivity index (χ0v) is 16.8. The van der Waals surface area contributed by atoms with Gasteiger partial charge in [0.2, 0.25) is 0 Å². The second kappa shape index (κ2) is 6.32. The lowest BCUT2D eigenvalue weighted by Crippen LogP contribution is -2.46. The molecule has 3 heterocycles. The Hall–Kier alpha value is -2.87. The van der Waals surface area contributed by atoms with Gasteiger partial charge in [0.1, 0.15) is 23.0 Å². The number of hydrogen-bond acceptors (Lipinski definition) is 8. The molecule has 0 amide bonds. The molecule has 4 rings (SSSR count). The van der Waals surface area contributed by atoms with Crippen LogP contribution in [0, 0.1) is 0 Å². The molecular formula is C21H22O8. The maximum absolute atomic E-state index is 12.8. The van der Waals surface area contributed by atoms with Crippen LogP contribution < -0.4 is 10.4 Å². The lowest BCUT2D eigenvalue weighted by atomic mass is 9.93. The number of hydrogen-bond donors (Lipinski definition) is 0. The fourth-order valence-electron chi connectivity index (χ4n) is 3.66. The summed E-state index contributed by atoms with van der Waals surface area (Å²) in [6.07, 6.45) is -2.57. The van der Waals surface area contributed by atoms with Gasteiger partial charge in [-0.05, 0) is 45.9 Å². The Morgan fingerprint density at radius 1 is 1.07 bits per heavy atom. The third-order valence-electron chi connectivity index (χ3n) is 5.64. The van der Waals surface area contributed by atoms with Crippen molar-refractivity contribution < 1.29 is 33.0 Å². The van der Waals surface area contributed by atoms with Crippen LogP contribution in [0.2, 0.25) is 0 Å². The molecule has 2 aliphatic heterocycles. The number of benzene rings is 1. The van der Waals surface area contributed by atoms with Crippen molar-refractivity contribution >= 4 is 22.9 Å². The van der Waals surface area contributed by atoms with E-state index >= 15 is 0 Å². The minimum atomic E-state index is -1.10. The van der Waals surface area contributed by atoms with Crippen LogP contribution in [-0.2, 0) is 23.8 Å². The standard InChI is InChI=1S/C21H22O8/c1-10-16(28-19(24)21(5)20(3,4)29-21)18(26-11(2)22)15-13(25-10)8-6-12-7-9-14(23)27-17(12)15/h6-10,16,18H,1-5H3/t10-,16+,18+,21-/m0/s1. The monoisotopic (exact) mass is 402 g/mol. The fourth-order valence-corrected chi connectivity index (χ4v) is 3.66. The molecular weight excluding hydrogens is 380 g/mol. The highest BCUT2D eigenvalue weighted by atomic mass is 16.7. The van der Waals surface area contributed by atoms with Crippen molar-refractivity contribution in [2.45, 2.75) is 64.1 Å². The van der Waals surface area contributed by atoms with E-state index in [0.29, 0.717) is 16.7 Å². The molecule has 0 bridgehead atoms. The molecule has 1 fully saturated rings. The van der Waals surface area contributed by atoms with Crippen LogP contribution in [-0.4, -0.2) is 35.3 Å². The Morgan fingerprint density at radius 3 is 2.34 bits per heavy atom. The van der Waals surface area contributed by atoms with Gasteiger partial charge in [-0.2, -0.15) is 0 Å². The molecule has 1 aromatic heterocycles. The van der Waals surface area contributed by atoms with Crippen LogP contribution in [0.4, 0.5) is 0 Å². The van der Waals surface area contributed by atoms with Gasteiger partial charge in [-0.25, -0.2) is 9.59 Å². The van der Waals surface area contributed by atoms with Gasteiger partial charge in [-0.3, -0.25) is 4.79 Å². The van der Waals surface area contributed by atoms with Gasteiger partial charge >= 0.3 is 17.6 Å². The number of fused-ring (bicyclic) bond motifs is 3. The van der Waals surface area contributed by atoms with Crippen LogP contribution in [0.3, 0.4) is 0 Å². The van der Waals surface area contributed by atoms with Crippen molar-refractivity contribution in [1.82, 2.24) is 0 Å². The van der Waals surface area contributed by atoms with Gasteiger partial charge in [0, 0.05) is 18.4 Å². The van der Waals surface area contributed by atoms with Crippen molar-refractivity contribution in [2.24, 2.45) is 0 Å². The Morgan fingerprint density at radius 2 is 1.72 bits per heavy atom. The molecule has 154 valence electrons. The topological polar surface area (TPSA) is 105 Å². The number of epoxide rings is 1. The molecule has 29 heavy (non-hydrogen) atoms. The summed E-state index contributed by atoms with van der Waals surface area (Å²) in [5.74, 6) is -0.752. The molecule has 0 unspecified atom stereocenters. The molecule has 2 aliphatic rings. The van der Waals surface area contributed by atoms with E-state index in [9.17, 15) is 14.4 Å². The summed E-state index contributed by atoms with van der Waals surface area (Å²) in [6, 6.07) is 6.35. The second-order valence-corrected chi connectivity index (χ2v) is 8.02. The van der Waals surface area contributed by atoms with Gasteiger partial charge in [0.15, 0.2) is 17.8 Å². The third-order valence-corrected chi connectivity index (χ3v) is 5.64. The highest BCUT2D eigenvalue weighted by Crippen LogP contribution is 2.49. The molecule has 8 nitrogen and oxygen atoms in total. The summed E-state index contributed by atoms with van der Waals surface area (Å²) in [5, 5.41) is 0.627. The largest absolute Gasteiger partial charge is 0.486 e. The van der Waals surface area contributed by atoms with E-state index in [2.05, 4.69) is 0 Å². The molecule has 0 N–H and O–H groups in total. The normalized spacial score (nSPS) is 29.5. The average molecular weight is 402 g/mol. The van der Waals surface area contributed by atoms with Crippen molar-refractivity contribution in [3.63, 3.8) is 0 Å². The molecule has 2 aromatic rings. The maximum atomic E-state index is 12.8. The van der Waals surface area contributed by atoms with Crippen molar-refractivity contribution in [1.29, 1.82) is 0 Å². The van der Waals surface area contributed by atoms with Gasteiger partial charge < -0.3 is 23.4 Å². The zero-order valence-electron chi connectivity index (χ0n) is 16.8. The lowest BCUT2D eigenvalue weighted by molar-refractivity contribution is -0.181. The second-order valence-electron chi connectivity index (χ2n) is 8.02. The van der Waals surface area contributed by atoms with Gasteiger partial charge in [0.05, 0.1) is 5.56 Å². The quantitative estimate of drug-likeness (QED) is 0.438. The number of rotatable bonds is 3. The molecule has 1 saturated heterocycles. The minimum Gasteiger partial charge on any atom is -0.486 e. The zero-order chi connectivity index (χ0) is 21.1. The Bertz CT molecular complexity index is 1070. The van der Waals surface area contributed by atoms with Crippen molar-refractivity contribution in [2.75, 3.05) is 0 Å². The Kier molecular flexibility index (Phi) is 4.24. The Balaban J connectivity index is 1.79. The molecule has 0 radical (unpaired) electrons. The molecule has 8 heteroatoms. The Labute approximate surface area is 166 Å². The predicted octanol–water partition coefficient (Wildman–Crippen LogP) is 2.66. The maximum Gasteiger partial charge on any atom is 0.341 e. The van der Waals surface area contributed by atoms with Crippen LogP contribution in [0.25, 0.3) is 11.0 Å². The van der Waals surface area contributed by atoms with E-state index in [1.165, 1.54) is 13.0 Å². The average Bonchev–Trinajstić information content (AvgIpc) is 3.16. The van der Waals surface area contributed by atoms with E-state index in [4.69, 9.17) is 23.4 Å². The first kappa shape index (κ1) is 19.4. The lowest BCUT2D eigenvalue weighted by Gasteiger charge is -2.37. The van der Waals surface area contributed by atoms with Gasteiger partial charge in [-0.1, -0.05) is 0 Å². The summed E-state index contributed by atoms with van der Waals surface area (Å²) in [6.45, 7) is 8.19. The molecule has 1 aromatic carbocycles. The van der Waals surface area contributed by atoms with Crippen LogP contribution in [0.5, 0.6) is 5.75 Å². The van der Waals surface area contributed by atoms with E-state index in [1.807, 2.05) is 0 Å². The van der Waals surface area contributed by atoms with Crippen molar-refractivity contribution in [3.8, 4) is 5.75 Å². The predicted molar refractivity (Wildman–Crippen MR) is 101 cm³/mol. The smallest absolute Gasteiger partial charge is 0.341 e. The van der Waals surface area contributed by atoms with Crippen LogP contribution in [0.1, 0.15) is 46.3 Å². The molecule has 4 atom stereocenters. The van der Waals surface area contributed by atoms with E-state index < -0.39 is 47.1 Å². The van der Waals surface area contributed by atoms with Crippen LogP contribution >= 0.6 is 0 Å². The number of carbonyl (C=O) groups is 2. The van der Waals surface area contributed by atoms with E-state index in [1.54, 1.807) is 45.9 Å². The summed E-state index contributed by atoms with van der Waals surface area (Å²) >= 11 is 0. The summed E-state index contributed by atoms with van der Waals surface area (Å²) in [7, 11) is 0. The minimum absolute atomic E-state index is 0.225. The number of ether oxygens (including phenoxy) is 4. The molecule has 0 aliphatic carbocycles. The van der Waals surface area contributed by atoms with E-state index in [-0.39, 0.29) is 5.58 Å². The number of carbonyl (C=O) groups excluding carboxylic acids is 2. The summed E-state index contributed by atoms with van der Waals surface area (Å²) < 4.78 is 28.1. The first-order valence-electron chi connectivity index (χ1n) is 9.35. The highest BCUT2D eigenvalue weighted by molar-refractivity contribution is 5.85. The van der Waals surface area contributed by atoms with E-state index in [0.717, 1.165) is 0 Å². The molecule has 0 saturated carbocycles. The number of esters is 2. The van der Waals surface area contributed by atoms with Crippen LogP contribution in [0.15, 0.2) is 33.5 Å². The van der Waals surface area contributed by atoms with Gasteiger partial charge in [0.25, 0.3) is 0 Å². The third kappa shape index (κ3) is 3.07. The first-order valence-corrected chi connectivity index (χ1v) is 9.35.